The normalized spacial score (nSPS) is 18.6. The van der Waals surface area contributed by atoms with Crippen LogP contribution in [0.2, 0.25) is 0 Å². The molecular weight excluding hydrogens is 324 g/mol. The number of rotatable bonds is 4. The number of carbonyl (C=O) groups excluding carboxylic acids is 1. The van der Waals surface area contributed by atoms with Gasteiger partial charge in [-0.05, 0) is 42.3 Å². The topological polar surface area (TPSA) is 81.6 Å². The Morgan fingerprint density at radius 3 is 2.62 bits per heavy atom. The van der Waals surface area contributed by atoms with Gasteiger partial charge in [0.2, 0.25) is 0 Å². The van der Waals surface area contributed by atoms with Gasteiger partial charge in [0.05, 0.1) is 4.91 Å². The Balaban J connectivity index is 1.71. The third-order valence-corrected chi connectivity index (χ3v) is 4.72. The number of anilines is 1. The van der Waals surface area contributed by atoms with Gasteiger partial charge in [0, 0.05) is 17.3 Å². The third kappa shape index (κ3) is 3.65. The van der Waals surface area contributed by atoms with Gasteiger partial charge in [-0.25, -0.2) is 0 Å². The maximum Gasteiger partial charge on any atom is 0.260 e. The van der Waals surface area contributed by atoms with E-state index in [-0.39, 0.29) is 22.9 Å². The number of hydrogen-bond acceptors (Lipinski definition) is 5. The molecule has 3 rings (SSSR count). The smallest absolute Gasteiger partial charge is 0.260 e. The molecule has 1 aliphatic rings. The fraction of sp³-hybridized carbons (Fsp3) is 0.167. The summed E-state index contributed by atoms with van der Waals surface area (Å²) in [5.74, 6) is -0.286. The molecule has 124 valence electrons. The minimum Gasteiger partial charge on any atom is -0.508 e. The second-order valence-electron chi connectivity index (χ2n) is 5.42. The first kappa shape index (κ1) is 16.3. The highest BCUT2D eigenvalue weighted by Crippen LogP contribution is 2.33. The van der Waals surface area contributed by atoms with E-state index < -0.39 is 0 Å². The summed E-state index contributed by atoms with van der Waals surface area (Å²) in [5, 5.41) is 25.2. The molecular formula is C18H18N2O3S. The number of nitrogens with one attached hydrogen (secondary N) is 2. The van der Waals surface area contributed by atoms with E-state index in [1.807, 2.05) is 12.1 Å². The monoisotopic (exact) mass is 342 g/mol. The number of carbonyl (C=O) groups is 1. The van der Waals surface area contributed by atoms with E-state index in [9.17, 15) is 15.0 Å². The molecule has 24 heavy (non-hydrogen) atoms. The van der Waals surface area contributed by atoms with E-state index in [1.54, 1.807) is 12.1 Å². The van der Waals surface area contributed by atoms with Crippen LogP contribution in [0.25, 0.3) is 6.08 Å². The fourth-order valence-electron chi connectivity index (χ4n) is 2.35. The van der Waals surface area contributed by atoms with Crippen molar-refractivity contribution in [3.8, 4) is 11.5 Å². The number of benzene rings is 2. The zero-order chi connectivity index (χ0) is 17.1. The Morgan fingerprint density at radius 2 is 1.96 bits per heavy atom. The number of aryl methyl sites for hydroxylation is 1. The number of thioether (sulfide) groups is 1. The first-order valence-electron chi connectivity index (χ1n) is 7.62. The first-order chi connectivity index (χ1) is 11.5. The van der Waals surface area contributed by atoms with E-state index in [2.05, 4.69) is 29.7 Å². The van der Waals surface area contributed by atoms with Crippen molar-refractivity contribution in [2.45, 2.75) is 18.8 Å². The minimum absolute atomic E-state index is 0.0201. The summed E-state index contributed by atoms with van der Waals surface area (Å²) < 4.78 is 0. The molecule has 4 N–H and O–H groups in total. The molecule has 0 saturated carbocycles. The van der Waals surface area contributed by atoms with Gasteiger partial charge in [-0.2, -0.15) is 0 Å². The van der Waals surface area contributed by atoms with Gasteiger partial charge in [-0.3, -0.25) is 4.79 Å². The van der Waals surface area contributed by atoms with E-state index in [4.69, 9.17) is 0 Å². The highest BCUT2D eigenvalue weighted by Gasteiger charge is 2.27. The summed E-state index contributed by atoms with van der Waals surface area (Å²) in [6.45, 7) is 2.10. The average molecular weight is 342 g/mol. The van der Waals surface area contributed by atoms with Crippen LogP contribution < -0.4 is 10.6 Å². The standard InChI is InChI=1S/C18H18N2O3S/c1-2-11-3-6-13(7-4-11)19-18-20-17(23)16(24-18)9-12-5-8-14(21)10-15(12)22/h3-10,18-19,21-22H,2H2,1H3,(H,20,23)/b16-9-/t18-/m0/s1. The summed E-state index contributed by atoms with van der Waals surface area (Å²) >= 11 is 1.35. The average Bonchev–Trinajstić information content (AvgIpc) is 2.90. The van der Waals surface area contributed by atoms with Crippen LogP contribution in [-0.2, 0) is 11.2 Å². The molecule has 1 heterocycles. The Morgan fingerprint density at radius 1 is 1.21 bits per heavy atom. The van der Waals surface area contributed by atoms with Crippen molar-refractivity contribution in [1.29, 1.82) is 0 Å². The summed E-state index contributed by atoms with van der Waals surface area (Å²) in [4.78, 5) is 12.6. The molecule has 5 nitrogen and oxygen atoms in total. The van der Waals surface area contributed by atoms with Crippen molar-refractivity contribution >= 4 is 29.4 Å². The molecule has 1 aliphatic heterocycles. The van der Waals surface area contributed by atoms with Crippen molar-refractivity contribution in [2.75, 3.05) is 5.32 Å². The molecule has 1 fully saturated rings. The number of amides is 1. The predicted molar refractivity (Wildman–Crippen MR) is 96.7 cm³/mol. The summed E-state index contributed by atoms with van der Waals surface area (Å²) in [6, 6.07) is 12.3. The van der Waals surface area contributed by atoms with Crippen LogP contribution in [0.3, 0.4) is 0 Å². The van der Waals surface area contributed by atoms with Gasteiger partial charge in [-0.15, -0.1) is 0 Å². The van der Waals surface area contributed by atoms with Crippen molar-refractivity contribution in [3.63, 3.8) is 0 Å². The largest absolute Gasteiger partial charge is 0.508 e. The maximum atomic E-state index is 12.1. The highest BCUT2D eigenvalue weighted by atomic mass is 32.2. The molecule has 2 aromatic rings. The quantitative estimate of drug-likeness (QED) is 0.641. The molecule has 0 spiro atoms. The molecule has 6 heteroatoms. The molecule has 1 saturated heterocycles. The molecule has 0 aromatic heterocycles. The molecule has 0 aliphatic carbocycles. The van der Waals surface area contributed by atoms with Gasteiger partial charge >= 0.3 is 0 Å². The maximum absolute atomic E-state index is 12.1. The Labute approximate surface area is 144 Å². The molecule has 2 aromatic carbocycles. The van der Waals surface area contributed by atoms with Crippen LogP contribution in [0.5, 0.6) is 11.5 Å². The molecule has 0 radical (unpaired) electrons. The summed E-state index contributed by atoms with van der Waals surface area (Å²) in [5.41, 5.74) is 2.40. The molecule has 1 atom stereocenters. The van der Waals surface area contributed by atoms with Crippen LogP contribution >= 0.6 is 11.8 Å². The number of aromatic hydroxyl groups is 2. The highest BCUT2D eigenvalue weighted by molar-refractivity contribution is 8.05. The van der Waals surface area contributed by atoms with Crippen LogP contribution in [0.15, 0.2) is 47.4 Å². The van der Waals surface area contributed by atoms with Crippen LogP contribution in [0, 0.1) is 0 Å². The first-order valence-corrected chi connectivity index (χ1v) is 8.50. The van der Waals surface area contributed by atoms with E-state index in [1.165, 1.54) is 29.5 Å². The van der Waals surface area contributed by atoms with Crippen molar-refractivity contribution in [1.82, 2.24) is 5.32 Å². The Kier molecular flexibility index (Phi) is 4.66. The summed E-state index contributed by atoms with van der Waals surface area (Å²) in [7, 11) is 0. The lowest BCUT2D eigenvalue weighted by molar-refractivity contribution is -0.116. The Hall–Kier alpha value is -2.60. The van der Waals surface area contributed by atoms with Gasteiger partial charge in [0.1, 0.15) is 11.5 Å². The molecule has 0 unspecified atom stereocenters. The van der Waals surface area contributed by atoms with Crippen molar-refractivity contribution in [3.05, 3.63) is 58.5 Å². The number of phenolic OH excluding ortho intramolecular Hbond substituents is 2. The lowest BCUT2D eigenvalue weighted by Gasteiger charge is -2.12. The zero-order valence-electron chi connectivity index (χ0n) is 13.1. The Bertz CT molecular complexity index is 787. The van der Waals surface area contributed by atoms with Crippen LogP contribution in [0.4, 0.5) is 5.69 Å². The zero-order valence-corrected chi connectivity index (χ0v) is 13.9. The lowest BCUT2D eigenvalue weighted by atomic mass is 10.1. The van der Waals surface area contributed by atoms with Crippen LogP contribution in [0.1, 0.15) is 18.1 Å². The van der Waals surface area contributed by atoms with E-state index in [0.29, 0.717) is 10.5 Å². The second-order valence-corrected chi connectivity index (χ2v) is 6.56. The minimum atomic E-state index is -0.268. The predicted octanol–water partition coefficient (Wildman–Crippen LogP) is 3.26. The number of hydrogen-bond donors (Lipinski definition) is 4. The SMILES string of the molecule is CCc1ccc(N[C@H]2NC(=O)/C(=C/c3ccc(O)cc3O)S2)cc1. The van der Waals surface area contributed by atoms with Crippen molar-refractivity contribution in [2.24, 2.45) is 0 Å². The third-order valence-electron chi connectivity index (χ3n) is 3.69. The summed E-state index contributed by atoms with van der Waals surface area (Å²) in [6.07, 6.45) is 2.59. The van der Waals surface area contributed by atoms with Gasteiger partial charge in [0.15, 0.2) is 5.50 Å². The van der Waals surface area contributed by atoms with Gasteiger partial charge in [0.25, 0.3) is 5.91 Å². The second kappa shape index (κ2) is 6.88. The van der Waals surface area contributed by atoms with Crippen molar-refractivity contribution < 1.29 is 15.0 Å². The van der Waals surface area contributed by atoms with Crippen LogP contribution in [-0.4, -0.2) is 21.6 Å². The number of phenols is 2. The lowest BCUT2D eigenvalue weighted by Crippen LogP contribution is -2.30. The van der Waals surface area contributed by atoms with E-state index in [0.717, 1.165) is 12.1 Å². The van der Waals surface area contributed by atoms with Gasteiger partial charge in [-0.1, -0.05) is 30.8 Å². The fourth-order valence-corrected chi connectivity index (χ4v) is 3.32. The molecule has 1 amide bonds. The van der Waals surface area contributed by atoms with E-state index >= 15 is 0 Å². The molecule has 0 bridgehead atoms. The van der Waals surface area contributed by atoms with Gasteiger partial charge < -0.3 is 20.8 Å².